The molecule has 0 amide bonds. The Morgan fingerprint density at radius 3 is 1.62 bits per heavy atom. The molecule has 0 saturated heterocycles. The number of rotatable bonds is 2. The van der Waals surface area contributed by atoms with Gasteiger partial charge >= 0.3 is 7.82 Å². The molecular weight excluding hydrogens is 150 g/mol. The molecular formula is C2H10O4P2. The van der Waals surface area contributed by atoms with Crippen molar-refractivity contribution in [3.8, 4) is 0 Å². The Balaban J connectivity index is 0. The minimum Gasteiger partial charge on any atom is -0.303 e. The molecule has 0 fully saturated rings. The molecule has 0 aliphatic rings. The second-order valence-corrected chi connectivity index (χ2v) is 2.50. The summed E-state index contributed by atoms with van der Waals surface area (Å²) in [5.41, 5.74) is 0. The minimum atomic E-state index is -3.65. The molecule has 4 nitrogen and oxygen atoms in total. The molecule has 0 bridgehead atoms. The molecule has 0 radical (unpaired) electrons. The van der Waals surface area contributed by atoms with Crippen LogP contribution in [0.25, 0.3) is 0 Å². The number of phosphoric acid groups is 1. The summed E-state index contributed by atoms with van der Waals surface area (Å²) in [4.78, 5) is 8.24. The third-order valence-electron chi connectivity index (χ3n) is 0.461. The largest absolute Gasteiger partial charge is 0.471 e. The van der Waals surface area contributed by atoms with Crippen molar-refractivity contribution in [3.05, 3.63) is 0 Å². The first kappa shape index (κ1) is 11.4. The molecule has 52 valence electrons. The van der Waals surface area contributed by atoms with Gasteiger partial charge in [0.1, 0.15) is 0 Å². The highest BCUT2D eigenvalue weighted by Gasteiger charge is 2.13. The van der Waals surface area contributed by atoms with Crippen molar-refractivity contribution in [1.82, 2.24) is 0 Å². The molecule has 0 saturated carbocycles. The molecule has 0 spiro atoms. The predicted molar refractivity (Wildman–Crippen MR) is 34.9 cm³/mol. The molecule has 1 unspecified atom stereocenters. The molecule has 0 rings (SSSR count). The summed E-state index contributed by atoms with van der Waals surface area (Å²) in [5, 5.41) is 0. The summed E-state index contributed by atoms with van der Waals surface area (Å²) in [6.07, 6.45) is 0. The summed E-state index contributed by atoms with van der Waals surface area (Å²) < 4.78 is 18.0. The number of hydrogen-bond donors (Lipinski definition) is 1. The van der Waals surface area contributed by atoms with Gasteiger partial charge in [0.05, 0.1) is 0 Å². The van der Waals surface area contributed by atoms with Crippen LogP contribution in [0.5, 0.6) is 0 Å². The molecule has 0 aromatic rings. The molecule has 1 N–H and O–H groups in total. The van der Waals surface area contributed by atoms with Crippen LogP contribution >= 0.6 is 17.7 Å². The Morgan fingerprint density at radius 1 is 1.38 bits per heavy atom. The van der Waals surface area contributed by atoms with E-state index >= 15 is 0 Å². The SMILES string of the molecule is COP(=O)(O)OC.P. The van der Waals surface area contributed by atoms with E-state index in [2.05, 4.69) is 9.05 Å². The van der Waals surface area contributed by atoms with E-state index in [1.165, 1.54) is 0 Å². The summed E-state index contributed by atoms with van der Waals surface area (Å²) in [7, 11) is -1.45. The topological polar surface area (TPSA) is 55.8 Å². The van der Waals surface area contributed by atoms with E-state index in [1.807, 2.05) is 0 Å². The van der Waals surface area contributed by atoms with E-state index in [4.69, 9.17) is 4.89 Å². The molecule has 0 aliphatic carbocycles. The van der Waals surface area contributed by atoms with Crippen LogP contribution in [0, 0.1) is 0 Å². The summed E-state index contributed by atoms with van der Waals surface area (Å²) in [6, 6.07) is 0. The van der Waals surface area contributed by atoms with Crippen LogP contribution in [0.4, 0.5) is 0 Å². The van der Waals surface area contributed by atoms with E-state index in [1.54, 1.807) is 0 Å². The van der Waals surface area contributed by atoms with Crippen molar-refractivity contribution in [2.75, 3.05) is 14.2 Å². The van der Waals surface area contributed by atoms with Crippen LogP contribution in [-0.4, -0.2) is 19.1 Å². The quantitative estimate of drug-likeness (QED) is 0.595. The fraction of sp³-hybridized carbons (Fsp3) is 1.00. The molecule has 6 heteroatoms. The first-order valence-electron chi connectivity index (χ1n) is 1.56. The summed E-state index contributed by atoms with van der Waals surface area (Å²) >= 11 is 0. The Labute approximate surface area is 51.4 Å². The zero-order valence-corrected chi connectivity index (χ0v) is 7.13. The highest BCUT2D eigenvalue weighted by Crippen LogP contribution is 2.40. The monoisotopic (exact) mass is 160 g/mol. The Hall–Kier alpha value is 0.540. The fourth-order valence-electron chi connectivity index (χ4n) is 0.0745. The average molecular weight is 160 g/mol. The van der Waals surface area contributed by atoms with E-state index in [9.17, 15) is 4.57 Å². The van der Waals surface area contributed by atoms with Crippen LogP contribution in [0.1, 0.15) is 0 Å². The van der Waals surface area contributed by atoms with E-state index in [0.717, 1.165) is 14.2 Å². The molecule has 8 heavy (non-hydrogen) atoms. The maximum atomic E-state index is 10.1. The van der Waals surface area contributed by atoms with Crippen LogP contribution < -0.4 is 0 Å². The van der Waals surface area contributed by atoms with E-state index < -0.39 is 7.82 Å². The fourth-order valence-corrected chi connectivity index (χ4v) is 0.224. The van der Waals surface area contributed by atoms with Gasteiger partial charge in [-0.25, -0.2) is 4.57 Å². The van der Waals surface area contributed by atoms with Gasteiger partial charge < -0.3 is 4.89 Å². The lowest BCUT2D eigenvalue weighted by Gasteiger charge is -2.01. The van der Waals surface area contributed by atoms with Crippen molar-refractivity contribution in [1.29, 1.82) is 0 Å². The van der Waals surface area contributed by atoms with Crippen LogP contribution in [-0.2, 0) is 13.6 Å². The van der Waals surface area contributed by atoms with Gasteiger partial charge in [0, 0.05) is 14.2 Å². The third kappa shape index (κ3) is 4.69. The third-order valence-corrected chi connectivity index (χ3v) is 1.38. The van der Waals surface area contributed by atoms with Gasteiger partial charge in [0.15, 0.2) is 0 Å². The number of phosphoric ester groups is 1. The van der Waals surface area contributed by atoms with E-state index in [-0.39, 0.29) is 9.90 Å². The standard InChI is InChI=1S/C2H7O4P.H3P/c1-5-7(3,4)6-2;/h1-2H3,(H,3,4);1H3. The smallest absolute Gasteiger partial charge is 0.303 e. The van der Waals surface area contributed by atoms with Gasteiger partial charge in [-0.05, 0) is 0 Å². The second kappa shape index (κ2) is 4.42. The Morgan fingerprint density at radius 2 is 1.62 bits per heavy atom. The molecule has 1 atom stereocenters. The molecule has 0 aromatic carbocycles. The number of hydrogen-bond acceptors (Lipinski definition) is 3. The second-order valence-electron chi connectivity index (χ2n) is 0.834. The van der Waals surface area contributed by atoms with Gasteiger partial charge in [-0.1, -0.05) is 0 Å². The normalized spacial score (nSPS) is 10.4. The van der Waals surface area contributed by atoms with Crippen molar-refractivity contribution in [3.63, 3.8) is 0 Å². The lowest BCUT2D eigenvalue weighted by atomic mass is 11.8. The van der Waals surface area contributed by atoms with Gasteiger partial charge in [-0.2, -0.15) is 9.90 Å². The van der Waals surface area contributed by atoms with E-state index in [0.29, 0.717) is 0 Å². The van der Waals surface area contributed by atoms with Gasteiger partial charge in [-0.3, -0.25) is 9.05 Å². The van der Waals surface area contributed by atoms with Crippen molar-refractivity contribution < 1.29 is 18.5 Å². The van der Waals surface area contributed by atoms with Gasteiger partial charge in [0.2, 0.25) is 0 Å². The zero-order valence-electron chi connectivity index (χ0n) is 4.83. The molecule has 0 aromatic heterocycles. The maximum absolute atomic E-state index is 10.1. The maximum Gasteiger partial charge on any atom is 0.471 e. The first-order valence-corrected chi connectivity index (χ1v) is 3.06. The highest BCUT2D eigenvalue weighted by atomic mass is 31.2. The molecule has 0 aliphatic heterocycles. The summed E-state index contributed by atoms with van der Waals surface area (Å²) in [6.45, 7) is 0. The lowest BCUT2D eigenvalue weighted by molar-refractivity contribution is 0.204. The van der Waals surface area contributed by atoms with Gasteiger partial charge in [-0.15, -0.1) is 0 Å². The minimum absolute atomic E-state index is 0. The van der Waals surface area contributed by atoms with Crippen LogP contribution in [0.2, 0.25) is 0 Å². The Bertz CT molecular complexity index is 84.0. The predicted octanol–water partition coefficient (Wildman–Crippen LogP) is 0.438. The van der Waals surface area contributed by atoms with Crippen molar-refractivity contribution >= 4 is 17.7 Å². The lowest BCUT2D eigenvalue weighted by Crippen LogP contribution is -1.83. The average Bonchev–Trinajstić information content (AvgIpc) is 1.68. The zero-order chi connectivity index (χ0) is 5.91. The highest BCUT2D eigenvalue weighted by molar-refractivity contribution is 7.47. The van der Waals surface area contributed by atoms with Crippen LogP contribution in [0.3, 0.4) is 0 Å². The van der Waals surface area contributed by atoms with Crippen molar-refractivity contribution in [2.24, 2.45) is 0 Å². The Kier molecular flexibility index (Phi) is 6.27. The molecule has 0 heterocycles. The van der Waals surface area contributed by atoms with Crippen LogP contribution in [0.15, 0.2) is 0 Å². The first-order chi connectivity index (χ1) is 3.12. The van der Waals surface area contributed by atoms with Gasteiger partial charge in [0.25, 0.3) is 0 Å². The summed E-state index contributed by atoms with van der Waals surface area (Å²) in [5.74, 6) is 0. The van der Waals surface area contributed by atoms with Crippen molar-refractivity contribution in [2.45, 2.75) is 0 Å².